The lowest BCUT2D eigenvalue weighted by Crippen LogP contribution is -2.40. The molecule has 2 heteroatoms. The molecule has 64 valence electrons. The van der Waals surface area contributed by atoms with E-state index in [1.165, 1.54) is 12.8 Å². The number of rotatable bonds is 2. The topological polar surface area (TPSA) is 46.2 Å². The largest absolute Gasteiger partial charge is 0.389 e. The van der Waals surface area contributed by atoms with Crippen molar-refractivity contribution in [2.45, 2.75) is 31.8 Å². The Hall–Kier alpha value is -0.0800. The zero-order chi connectivity index (χ0) is 8.06. The molecule has 4 atom stereocenters. The van der Waals surface area contributed by atoms with Crippen LogP contribution in [0.25, 0.3) is 0 Å². The van der Waals surface area contributed by atoms with Gasteiger partial charge in [0, 0.05) is 0 Å². The minimum Gasteiger partial charge on any atom is -0.389 e. The summed E-state index contributed by atoms with van der Waals surface area (Å²) in [5.74, 6) is 1.73. The smallest absolute Gasteiger partial charge is 0.0716 e. The summed E-state index contributed by atoms with van der Waals surface area (Å²) in [4.78, 5) is 0. The third-order valence-corrected chi connectivity index (χ3v) is 3.69. The van der Waals surface area contributed by atoms with Crippen molar-refractivity contribution in [3.8, 4) is 0 Å². The van der Waals surface area contributed by atoms with Gasteiger partial charge in [0.1, 0.15) is 0 Å². The van der Waals surface area contributed by atoms with E-state index in [4.69, 9.17) is 5.73 Å². The molecule has 0 aromatic rings. The summed E-state index contributed by atoms with van der Waals surface area (Å²) >= 11 is 0. The fourth-order valence-corrected chi connectivity index (χ4v) is 2.60. The lowest BCUT2D eigenvalue weighted by Gasteiger charge is -2.30. The van der Waals surface area contributed by atoms with Crippen molar-refractivity contribution in [3.63, 3.8) is 0 Å². The van der Waals surface area contributed by atoms with Crippen molar-refractivity contribution in [1.82, 2.24) is 0 Å². The van der Waals surface area contributed by atoms with Gasteiger partial charge >= 0.3 is 0 Å². The Kier molecular flexibility index (Phi) is 1.52. The highest BCUT2D eigenvalue weighted by Gasteiger charge is 2.58. The van der Waals surface area contributed by atoms with Crippen LogP contribution in [0.3, 0.4) is 0 Å². The molecule has 3 N–H and O–H groups in total. The molecule has 0 radical (unpaired) electrons. The van der Waals surface area contributed by atoms with E-state index in [0.29, 0.717) is 18.4 Å². The number of fused-ring (bicyclic) bond motifs is 1. The molecule has 4 unspecified atom stereocenters. The zero-order valence-corrected chi connectivity index (χ0v) is 7.09. The van der Waals surface area contributed by atoms with Crippen LogP contribution in [0, 0.1) is 17.8 Å². The molecule has 0 aromatic heterocycles. The van der Waals surface area contributed by atoms with E-state index in [2.05, 4.69) is 6.92 Å². The van der Waals surface area contributed by atoms with Crippen LogP contribution in [-0.2, 0) is 0 Å². The van der Waals surface area contributed by atoms with Crippen molar-refractivity contribution in [2.24, 2.45) is 23.5 Å². The first-order chi connectivity index (χ1) is 5.18. The van der Waals surface area contributed by atoms with Crippen molar-refractivity contribution in [2.75, 3.05) is 6.54 Å². The van der Waals surface area contributed by atoms with Gasteiger partial charge in [-0.25, -0.2) is 0 Å². The van der Waals surface area contributed by atoms with Crippen LogP contribution in [0.15, 0.2) is 0 Å². The van der Waals surface area contributed by atoms with E-state index in [-0.39, 0.29) is 5.60 Å². The Bertz CT molecular complexity index is 171. The van der Waals surface area contributed by atoms with Gasteiger partial charge in [-0.1, -0.05) is 6.92 Å². The summed E-state index contributed by atoms with van der Waals surface area (Å²) in [5, 5.41) is 10.2. The van der Waals surface area contributed by atoms with Crippen molar-refractivity contribution in [1.29, 1.82) is 0 Å². The molecule has 11 heavy (non-hydrogen) atoms. The van der Waals surface area contributed by atoms with Crippen LogP contribution in [0.4, 0.5) is 0 Å². The standard InChI is InChI=1S/C9H17NO/c1-6(5-10)9(11)3-2-7-4-8(7)9/h6-8,11H,2-5,10H2,1H3. The van der Waals surface area contributed by atoms with E-state index in [1.54, 1.807) is 0 Å². The highest BCUT2D eigenvalue weighted by molar-refractivity contribution is 5.09. The first-order valence-electron chi connectivity index (χ1n) is 4.61. The van der Waals surface area contributed by atoms with Gasteiger partial charge in [-0.15, -0.1) is 0 Å². The van der Waals surface area contributed by atoms with Gasteiger partial charge in [0.2, 0.25) is 0 Å². The summed E-state index contributed by atoms with van der Waals surface area (Å²) in [6.45, 7) is 2.69. The highest BCUT2D eigenvalue weighted by Crippen LogP contribution is 2.59. The van der Waals surface area contributed by atoms with Gasteiger partial charge in [0.15, 0.2) is 0 Å². The van der Waals surface area contributed by atoms with E-state index in [0.717, 1.165) is 12.3 Å². The van der Waals surface area contributed by atoms with Gasteiger partial charge in [0.05, 0.1) is 5.60 Å². The molecule has 0 amide bonds. The molecule has 0 spiro atoms. The fraction of sp³-hybridized carbons (Fsp3) is 1.00. The Morgan fingerprint density at radius 1 is 1.73 bits per heavy atom. The molecule has 0 saturated heterocycles. The minimum atomic E-state index is -0.389. The molecule has 0 aromatic carbocycles. The fourth-order valence-electron chi connectivity index (χ4n) is 2.60. The predicted octanol–water partition coefficient (Wildman–Crippen LogP) is 0.742. The summed E-state index contributed by atoms with van der Waals surface area (Å²) < 4.78 is 0. The summed E-state index contributed by atoms with van der Waals surface area (Å²) in [6, 6.07) is 0. The van der Waals surface area contributed by atoms with Gasteiger partial charge in [-0.2, -0.15) is 0 Å². The number of hydrogen-bond donors (Lipinski definition) is 2. The second-order valence-electron chi connectivity index (χ2n) is 4.27. The first kappa shape index (κ1) is 7.56. The molecule has 0 heterocycles. The first-order valence-corrected chi connectivity index (χ1v) is 4.61. The Labute approximate surface area is 67.8 Å². The lowest BCUT2D eigenvalue weighted by molar-refractivity contribution is -0.0226. The summed E-state index contributed by atoms with van der Waals surface area (Å²) in [5.41, 5.74) is 5.17. The SMILES string of the molecule is CC(CN)C1(O)CCC2CC21. The highest BCUT2D eigenvalue weighted by atomic mass is 16.3. The monoisotopic (exact) mass is 155 g/mol. The molecule has 0 bridgehead atoms. The Balaban J connectivity index is 2.08. The normalized spacial score (nSPS) is 50.5. The number of nitrogens with two attached hydrogens (primary N) is 1. The molecule has 2 saturated carbocycles. The lowest BCUT2D eigenvalue weighted by atomic mass is 9.84. The molecule has 2 rings (SSSR count). The van der Waals surface area contributed by atoms with Crippen molar-refractivity contribution < 1.29 is 5.11 Å². The molecule has 2 aliphatic carbocycles. The second-order valence-corrected chi connectivity index (χ2v) is 4.27. The maximum Gasteiger partial charge on any atom is 0.0716 e. The quantitative estimate of drug-likeness (QED) is 0.618. The summed E-state index contributed by atoms with van der Waals surface area (Å²) in [6.07, 6.45) is 3.47. The molecule has 0 aliphatic heterocycles. The van der Waals surface area contributed by atoms with Crippen LogP contribution in [0.1, 0.15) is 26.2 Å². The minimum absolute atomic E-state index is 0.292. The predicted molar refractivity (Wildman–Crippen MR) is 44.0 cm³/mol. The van der Waals surface area contributed by atoms with E-state index >= 15 is 0 Å². The molecular formula is C9H17NO. The van der Waals surface area contributed by atoms with Crippen LogP contribution in [0.5, 0.6) is 0 Å². The second kappa shape index (κ2) is 2.20. The van der Waals surface area contributed by atoms with E-state index in [1.807, 2.05) is 0 Å². The van der Waals surface area contributed by atoms with E-state index < -0.39 is 0 Å². The van der Waals surface area contributed by atoms with Crippen LogP contribution in [0.2, 0.25) is 0 Å². The number of hydrogen-bond acceptors (Lipinski definition) is 2. The summed E-state index contributed by atoms with van der Waals surface area (Å²) in [7, 11) is 0. The Morgan fingerprint density at radius 3 is 2.82 bits per heavy atom. The maximum absolute atomic E-state index is 10.2. The van der Waals surface area contributed by atoms with Gasteiger partial charge in [0.25, 0.3) is 0 Å². The van der Waals surface area contributed by atoms with Gasteiger partial charge in [-0.05, 0) is 43.6 Å². The van der Waals surface area contributed by atoms with Gasteiger partial charge in [-0.3, -0.25) is 0 Å². The average Bonchev–Trinajstić information content (AvgIpc) is 2.73. The van der Waals surface area contributed by atoms with Gasteiger partial charge < -0.3 is 10.8 Å². The zero-order valence-electron chi connectivity index (χ0n) is 7.09. The number of aliphatic hydroxyl groups is 1. The molecule has 2 nitrogen and oxygen atoms in total. The average molecular weight is 155 g/mol. The van der Waals surface area contributed by atoms with Crippen molar-refractivity contribution >= 4 is 0 Å². The molecular weight excluding hydrogens is 138 g/mol. The Morgan fingerprint density at radius 2 is 2.45 bits per heavy atom. The van der Waals surface area contributed by atoms with Crippen LogP contribution in [-0.4, -0.2) is 17.3 Å². The van der Waals surface area contributed by atoms with Crippen LogP contribution >= 0.6 is 0 Å². The third kappa shape index (κ3) is 0.926. The molecule has 2 fully saturated rings. The van der Waals surface area contributed by atoms with Crippen LogP contribution < -0.4 is 5.73 Å². The maximum atomic E-state index is 10.2. The molecule has 2 aliphatic rings. The third-order valence-electron chi connectivity index (χ3n) is 3.69. The van der Waals surface area contributed by atoms with Crippen molar-refractivity contribution in [3.05, 3.63) is 0 Å². The van der Waals surface area contributed by atoms with E-state index in [9.17, 15) is 5.11 Å².